The highest BCUT2D eigenvalue weighted by Gasteiger charge is 2.22. The first-order valence-electron chi connectivity index (χ1n) is 10.5. The molecule has 0 aliphatic rings. The first-order chi connectivity index (χ1) is 15.9. The topological polar surface area (TPSA) is 94.2 Å². The molecule has 4 rings (SSSR count). The third kappa shape index (κ3) is 4.79. The summed E-state index contributed by atoms with van der Waals surface area (Å²) in [5.74, 6) is -0.0675. The second-order valence-corrected chi connectivity index (χ2v) is 7.73. The van der Waals surface area contributed by atoms with Crippen LogP contribution in [0.15, 0.2) is 85.3 Å². The van der Waals surface area contributed by atoms with Crippen molar-refractivity contribution in [1.82, 2.24) is 19.7 Å². The van der Waals surface area contributed by atoms with E-state index in [0.29, 0.717) is 11.3 Å². The van der Waals surface area contributed by atoms with Gasteiger partial charge in [-0.3, -0.25) is 19.9 Å². The Morgan fingerprint density at radius 1 is 1.09 bits per heavy atom. The van der Waals surface area contributed by atoms with Gasteiger partial charge in [0.1, 0.15) is 0 Å². The predicted molar refractivity (Wildman–Crippen MR) is 125 cm³/mol. The summed E-state index contributed by atoms with van der Waals surface area (Å²) in [4.78, 5) is 29.6. The van der Waals surface area contributed by atoms with Gasteiger partial charge in [-0.25, -0.2) is 4.68 Å². The number of nitro benzene ring substituents is 1. The minimum Gasteiger partial charge on any atom is -0.339 e. The molecule has 4 aromatic rings. The van der Waals surface area contributed by atoms with Gasteiger partial charge in [0.2, 0.25) is 5.91 Å². The minimum absolute atomic E-state index is 0.00361. The van der Waals surface area contributed by atoms with Gasteiger partial charge in [0, 0.05) is 48.9 Å². The molecular formula is C25H23N5O3. The van der Waals surface area contributed by atoms with Crippen LogP contribution in [0.1, 0.15) is 24.1 Å². The molecule has 2 aromatic heterocycles. The maximum Gasteiger partial charge on any atom is 0.269 e. The molecule has 0 N–H and O–H groups in total. The molecule has 0 radical (unpaired) electrons. The van der Waals surface area contributed by atoms with E-state index in [1.54, 1.807) is 41.2 Å². The van der Waals surface area contributed by atoms with Crippen LogP contribution >= 0.6 is 0 Å². The molecule has 0 fully saturated rings. The summed E-state index contributed by atoms with van der Waals surface area (Å²) in [6, 6.07) is 19.5. The Bertz CT molecular complexity index is 1250. The standard InChI is InChI=1S/C25H23N5O3/c1-18(20-7-6-14-26-16-20)28(2)24(31)15-21-17-29(22-8-4-3-5-9-22)27-25(21)19-10-12-23(13-11-19)30(32)33/h3-14,16-18H,15H2,1-2H3. The van der Waals surface area contributed by atoms with Crippen LogP contribution in [0, 0.1) is 10.1 Å². The van der Waals surface area contributed by atoms with Crippen molar-refractivity contribution in [3.8, 4) is 16.9 Å². The van der Waals surface area contributed by atoms with E-state index in [9.17, 15) is 14.9 Å². The molecule has 0 saturated carbocycles. The van der Waals surface area contributed by atoms with Crippen molar-refractivity contribution in [2.24, 2.45) is 0 Å². The van der Waals surface area contributed by atoms with E-state index in [1.807, 2.05) is 55.6 Å². The third-order valence-corrected chi connectivity index (χ3v) is 5.65. The number of nitrogens with zero attached hydrogens (tertiary/aromatic N) is 5. The highest BCUT2D eigenvalue weighted by atomic mass is 16.6. The van der Waals surface area contributed by atoms with Crippen LogP contribution in [0.3, 0.4) is 0 Å². The maximum atomic E-state index is 13.2. The third-order valence-electron chi connectivity index (χ3n) is 5.65. The van der Waals surface area contributed by atoms with Crippen LogP contribution in [0.25, 0.3) is 16.9 Å². The maximum absolute atomic E-state index is 13.2. The Morgan fingerprint density at radius 3 is 2.45 bits per heavy atom. The van der Waals surface area contributed by atoms with E-state index in [0.717, 1.165) is 16.8 Å². The van der Waals surface area contributed by atoms with Crippen molar-refractivity contribution in [1.29, 1.82) is 0 Å². The van der Waals surface area contributed by atoms with Crippen molar-refractivity contribution >= 4 is 11.6 Å². The number of nitro groups is 1. The molecule has 166 valence electrons. The average molecular weight is 441 g/mol. The van der Waals surface area contributed by atoms with E-state index < -0.39 is 4.92 Å². The van der Waals surface area contributed by atoms with Crippen LogP contribution < -0.4 is 0 Å². The second-order valence-electron chi connectivity index (χ2n) is 7.73. The first kappa shape index (κ1) is 21.9. The zero-order valence-electron chi connectivity index (χ0n) is 18.3. The lowest BCUT2D eigenvalue weighted by Gasteiger charge is -2.25. The summed E-state index contributed by atoms with van der Waals surface area (Å²) < 4.78 is 1.73. The fourth-order valence-corrected chi connectivity index (χ4v) is 3.59. The van der Waals surface area contributed by atoms with E-state index in [4.69, 9.17) is 5.10 Å². The summed E-state index contributed by atoms with van der Waals surface area (Å²) in [6.45, 7) is 1.96. The van der Waals surface area contributed by atoms with Gasteiger partial charge in [0.05, 0.1) is 28.8 Å². The molecule has 33 heavy (non-hydrogen) atoms. The highest BCUT2D eigenvalue weighted by molar-refractivity contribution is 5.81. The van der Waals surface area contributed by atoms with Gasteiger partial charge >= 0.3 is 0 Å². The Hall–Kier alpha value is -4.33. The SMILES string of the molecule is CC(c1cccnc1)N(C)C(=O)Cc1cn(-c2ccccc2)nc1-c1ccc([N+](=O)[O-])cc1. The van der Waals surface area contributed by atoms with Crippen LogP contribution in [-0.4, -0.2) is 37.5 Å². The van der Waals surface area contributed by atoms with Crippen LogP contribution in [0.5, 0.6) is 0 Å². The molecule has 2 heterocycles. The Balaban J connectivity index is 1.66. The number of amides is 1. The number of rotatable bonds is 7. The molecule has 8 heteroatoms. The van der Waals surface area contributed by atoms with Crippen LogP contribution in [-0.2, 0) is 11.2 Å². The number of hydrogen-bond donors (Lipinski definition) is 0. The van der Waals surface area contributed by atoms with Gasteiger partial charge in [-0.2, -0.15) is 5.10 Å². The van der Waals surface area contributed by atoms with Crippen molar-refractivity contribution < 1.29 is 9.72 Å². The van der Waals surface area contributed by atoms with Crippen molar-refractivity contribution in [3.05, 3.63) is 107 Å². The number of non-ortho nitro benzene ring substituents is 1. The predicted octanol–water partition coefficient (Wildman–Crippen LogP) is 4.60. The molecule has 1 unspecified atom stereocenters. The van der Waals surface area contributed by atoms with Gasteiger partial charge in [0.25, 0.3) is 5.69 Å². The molecule has 0 saturated heterocycles. The molecule has 0 aliphatic heterocycles. The van der Waals surface area contributed by atoms with Gasteiger partial charge in [-0.1, -0.05) is 24.3 Å². The summed E-state index contributed by atoms with van der Waals surface area (Å²) in [5.41, 5.74) is 3.87. The van der Waals surface area contributed by atoms with Gasteiger partial charge in [-0.05, 0) is 42.8 Å². The number of likely N-dealkylation sites (N-methyl/N-ethyl adjacent to an activating group) is 1. The zero-order valence-corrected chi connectivity index (χ0v) is 18.3. The highest BCUT2D eigenvalue weighted by Crippen LogP contribution is 2.27. The fraction of sp³-hybridized carbons (Fsp3) is 0.160. The van der Waals surface area contributed by atoms with Crippen LogP contribution in [0.2, 0.25) is 0 Å². The Kier molecular flexibility index (Phi) is 6.26. The Labute approximate surface area is 191 Å². The minimum atomic E-state index is -0.439. The molecule has 2 aromatic carbocycles. The number of pyridine rings is 1. The van der Waals surface area contributed by atoms with E-state index >= 15 is 0 Å². The smallest absolute Gasteiger partial charge is 0.269 e. The van der Waals surface area contributed by atoms with Crippen LogP contribution in [0.4, 0.5) is 5.69 Å². The summed E-state index contributed by atoms with van der Waals surface area (Å²) in [5, 5.41) is 15.7. The summed E-state index contributed by atoms with van der Waals surface area (Å²) >= 11 is 0. The van der Waals surface area contributed by atoms with Gasteiger partial charge < -0.3 is 4.90 Å². The lowest BCUT2D eigenvalue weighted by molar-refractivity contribution is -0.384. The molecule has 1 amide bonds. The lowest BCUT2D eigenvalue weighted by Crippen LogP contribution is -2.31. The van der Waals surface area contributed by atoms with Gasteiger partial charge in [-0.15, -0.1) is 0 Å². The van der Waals surface area contributed by atoms with E-state index in [-0.39, 0.29) is 24.1 Å². The van der Waals surface area contributed by atoms with Gasteiger partial charge in [0.15, 0.2) is 0 Å². The number of aromatic nitrogens is 3. The van der Waals surface area contributed by atoms with E-state index in [1.165, 1.54) is 12.1 Å². The largest absolute Gasteiger partial charge is 0.339 e. The molecule has 8 nitrogen and oxygen atoms in total. The normalized spacial score (nSPS) is 11.7. The number of carbonyl (C=O) groups excluding carboxylic acids is 1. The van der Waals surface area contributed by atoms with Crippen molar-refractivity contribution in [3.63, 3.8) is 0 Å². The summed E-state index contributed by atoms with van der Waals surface area (Å²) in [7, 11) is 1.77. The molecular weight excluding hydrogens is 418 g/mol. The number of carbonyl (C=O) groups is 1. The summed E-state index contributed by atoms with van der Waals surface area (Å²) in [6.07, 6.45) is 5.43. The van der Waals surface area contributed by atoms with Crippen molar-refractivity contribution in [2.75, 3.05) is 7.05 Å². The lowest BCUT2D eigenvalue weighted by atomic mass is 10.0. The zero-order chi connectivity index (χ0) is 23.4. The van der Waals surface area contributed by atoms with Crippen molar-refractivity contribution in [2.45, 2.75) is 19.4 Å². The number of benzene rings is 2. The second kappa shape index (κ2) is 9.44. The number of hydrogen-bond acceptors (Lipinski definition) is 5. The monoisotopic (exact) mass is 441 g/mol. The van der Waals surface area contributed by atoms with E-state index in [2.05, 4.69) is 4.98 Å². The average Bonchev–Trinajstić information content (AvgIpc) is 3.28. The Morgan fingerprint density at radius 2 is 1.82 bits per heavy atom. The quantitative estimate of drug-likeness (QED) is 0.308. The molecule has 0 spiro atoms. The molecule has 0 bridgehead atoms. The molecule has 1 atom stereocenters. The number of para-hydroxylation sites is 1. The fourth-order valence-electron chi connectivity index (χ4n) is 3.59. The first-order valence-corrected chi connectivity index (χ1v) is 10.5. The molecule has 0 aliphatic carbocycles.